The van der Waals surface area contributed by atoms with Crippen LogP contribution >= 0.6 is 11.6 Å². The van der Waals surface area contributed by atoms with Gasteiger partial charge in [-0.1, -0.05) is 29.8 Å². The van der Waals surface area contributed by atoms with E-state index in [1.807, 2.05) is 6.92 Å². The molecule has 31 heavy (non-hydrogen) atoms. The Labute approximate surface area is 184 Å². The van der Waals surface area contributed by atoms with Gasteiger partial charge in [0.2, 0.25) is 11.8 Å². The van der Waals surface area contributed by atoms with Crippen molar-refractivity contribution >= 4 is 35.1 Å². The number of amides is 2. The van der Waals surface area contributed by atoms with Crippen molar-refractivity contribution in [2.45, 2.75) is 13.3 Å². The van der Waals surface area contributed by atoms with Crippen LogP contribution in [0.1, 0.15) is 22.3 Å². The van der Waals surface area contributed by atoms with E-state index in [2.05, 4.69) is 12.2 Å². The van der Waals surface area contributed by atoms with Crippen LogP contribution in [0.4, 0.5) is 5.69 Å². The molecule has 0 radical (unpaired) electrons. The van der Waals surface area contributed by atoms with Crippen LogP contribution in [0, 0.1) is 42.4 Å². The summed E-state index contributed by atoms with van der Waals surface area (Å²) < 4.78 is 5.47. The molecule has 2 aromatic rings. The summed E-state index contributed by atoms with van der Waals surface area (Å²) in [6, 6.07) is 11.5. The topological polar surface area (TPSA) is 63.7 Å². The maximum absolute atomic E-state index is 13.3. The second kappa shape index (κ2) is 6.54. The minimum absolute atomic E-state index is 0.140. The van der Waals surface area contributed by atoms with Gasteiger partial charge in [-0.15, -0.1) is 0 Å². The van der Waals surface area contributed by atoms with Crippen LogP contribution < -0.4 is 9.64 Å². The molecule has 2 saturated carbocycles. The molecule has 5 aliphatic rings. The number of rotatable bonds is 3. The van der Waals surface area contributed by atoms with Crippen LogP contribution in [0.3, 0.4) is 0 Å². The molecule has 7 rings (SSSR count). The number of hydrogen-bond donors (Lipinski definition) is 0. The highest BCUT2D eigenvalue weighted by atomic mass is 35.5. The average Bonchev–Trinajstić information content (AvgIpc) is 3.54. The van der Waals surface area contributed by atoms with Gasteiger partial charge in [-0.25, -0.2) is 9.69 Å². The molecule has 1 saturated heterocycles. The molecular weight excluding hydrogens is 414 g/mol. The summed E-state index contributed by atoms with van der Waals surface area (Å²) in [7, 11) is 0. The normalized spacial score (nSPS) is 32.1. The number of benzene rings is 2. The molecule has 2 amide bonds. The summed E-state index contributed by atoms with van der Waals surface area (Å²) in [5.41, 5.74) is 1.52. The number of esters is 1. The third-order valence-corrected chi connectivity index (χ3v) is 7.77. The zero-order valence-electron chi connectivity index (χ0n) is 16.8. The van der Waals surface area contributed by atoms with Gasteiger partial charge in [-0.3, -0.25) is 9.59 Å². The first kappa shape index (κ1) is 18.8. The molecule has 0 spiro atoms. The number of carbonyl (C=O) groups is 3. The Hall–Kier alpha value is -2.92. The van der Waals surface area contributed by atoms with Gasteiger partial charge in [0.15, 0.2) is 0 Å². The van der Waals surface area contributed by atoms with Crippen molar-refractivity contribution in [3.63, 3.8) is 0 Å². The van der Waals surface area contributed by atoms with E-state index in [9.17, 15) is 14.4 Å². The van der Waals surface area contributed by atoms with Gasteiger partial charge in [-0.2, -0.15) is 0 Å². The summed E-state index contributed by atoms with van der Waals surface area (Å²) >= 11 is 6.03. The molecule has 0 unspecified atom stereocenters. The molecular formula is C25H20ClNO4. The lowest BCUT2D eigenvalue weighted by molar-refractivity contribution is -0.124. The second-order valence-corrected chi connectivity index (χ2v) is 9.42. The molecule has 4 aliphatic carbocycles. The fraction of sp³-hybridized carbons (Fsp3) is 0.320. The quantitative estimate of drug-likeness (QED) is 0.311. The number of carbonyl (C=O) groups excluding carboxylic acids is 3. The molecule has 0 aromatic heterocycles. The van der Waals surface area contributed by atoms with Gasteiger partial charge in [0, 0.05) is 5.02 Å². The highest BCUT2D eigenvalue weighted by Crippen LogP contribution is 2.65. The average molecular weight is 434 g/mol. The largest absolute Gasteiger partial charge is 0.423 e. The monoisotopic (exact) mass is 433 g/mol. The molecule has 1 heterocycles. The van der Waals surface area contributed by atoms with Gasteiger partial charge in [-0.05, 0) is 79.0 Å². The molecule has 1 aliphatic heterocycles. The second-order valence-electron chi connectivity index (χ2n) is 9.02. The van der Waals surface area contributed by atoms with E-state index in [-0.39, 0.29) is 41.0 Å². The number of aryl methyl sites for hydroxylation is 1. The lowest BCUT2D eigenvalue weighted by atomic mass is 9.63. The smallest absolute Gasteiger partial charge is 0.343 e. The fourth-order valence-corrected chi connectivity index (χ4v) is 5.95. The fourth-order valence-electron chi connectivity index (χ4n) is 5.83. The SMILES string of the molecule is Cc1cc(OC(=O)c2cccc(N3C(=O)[C@@H]4[C@H]5C=C[C@@H]([C@@H]6C[C@H]56)[C@@H]4C3=O)c2)ccc1Cl. The predicted octanol–water partition coefficient (Wildman–Crippen LogP) is 4.43. The maximum atomic E-state index is 13.3. The van der Waals surface area contributed by atoms with Crippen LogP contribution in [0.25, 0.3) is 0 Å². The molecule has 3 fully saturated rings. The number of halogens is 1. The summed E-state index contributed by atoms with van der Waals surface area (Å²) in [6.07, 6.45) is 5.43. The summed E-state index contributed by atoms with van der Waals surface area (Å²) in [4.78, 5) is 40.6. The van der Waals surface area contributed by atoms with Crippen LogP contribution in [0.15, 0.2) is 54.6 Å². The Balaban J connectivity index is 1.28. The minimum atomic E-state index is -0.553. The first-order valence-electron chi connectivity index (χ1n) is 10.6. The lowest BCUT2D eigenvalue weighted by Gasteiger charge is -2.37. The Morgan fingerprint density at radius 1 is 1.00 bits per heavy atom. The number of hydrogen-bond acceptors (Lipinski definition) is 4. The minimum Gasteiger partial charge on any atom is -0.423 e. The predicted molar refractivity (Wildman–Crippen MR) is 115 cm³/mol. The molecule has 2 aromatic carbocycles. The number of ether oxygens (including phenoxy) is 1. The molecule has 5 nitrogen and oxygen atoms in total. The number of imide groups is 1. The third-order valence-electron chi connectivity index (χ3n) is 7.34. The van der Waals surface area contributed by atoms with Crippen molar-refractivity contribution in [2.24, 2.45) is 35.5 Å². The lowest BCUT2D eigenvalue weighted by Crippen LogP contribution is -2.40. The van der Waals surface area contributed by atoms with Crippen LogP contribution in [0.5, 0.6) is 5.75 Å². The number of allylic oxidation sites excluding steroid dienone is 2. The van der Waals surface area contributed by atoms with Crippen molar-refractivity contribution in [1.82, 2.24) is 0 Å². The van der Waals surface area contributed by atoms with Gasteiger partial charge in [0.1, 0.15) is 5.75 Å². The van der Waals surface area contributed by atoms with E-state index in [1.54, 1.807) is 42.5 Å². The maximum Gasteiger partial charge on any atom is 0.343 e. The Kier molecular flexibility index (Phi) is 3.97. The van der Waals surface area contributed by atoms with E-state index >= 15 is 0 Å². The van der Waals surface area contributed by atoms with Crippen LogP contribution in [0.2, 0.25) is 5.02 Å². The van der Waals surface area contributed by atoms with Crippen molar-refractivity contribution in [2.75, 3.05) is 4.90 Å². The molecule has 2 bridgehead atoms. The first-order chi connectivity index (χ1) is 14.9. The Morgan fingerprint density at radius 3 is 2.32 bits per heavy atom. The zero-order valence-corrected chi connectivity index (χ0v) is 17.6. The summed E-state index contributed by atoms with van der Waals surface area (Å²) in [6.45, 7) is 1.83. The van der Waals surface area contributed by atoms with E-state index in [0.29, 0.717) is 28.3 Å². The number of anilines is 1. The van der Waals surface area contributed by atoms with E-state index in [0.717, 1.165) is 12.0 Å². The van der Waals surface area contributed by atoms with E-state index < -0.39 is 5.97 Å². The van der Waals surface area contributed by atoms with Gasteiger partial charge >= 0.3 is 5.97 Å². The van der Waals surface area contributed by atoms with Crippen molar-refractivity contribution in [3.05, 3.63) is 70.8 Å². The highest BCUT2D eigenvalue weighted by molar-refractivity contribution is 6.31. The van der Waals surface area contributed by atoms with Gasteiger partial charge in [0.05, 0.1) is 23.1 Å². The molecule has 6 heteroatoms. The highest BCUT2D eigenvalue weighted by Gasteiger charge is 2.67. The zero-order chi connectivity index (χ0) is 21.4. The van der Waals surface area contributed by atoms with Crippen molar-refractivity contribution in [1.29, 1.82) is 0 Å². The van der Waals surface area contributed by atoms with Gasteiger partial charge in [0.25, 0.3) is 0 Å². The van der Waals surface area contributed by atoms with Gasteiger partial charge < -0.3 is 4.74 Å². The summed E-state index contributed by atoms with van der Waals surface area (Å²) in [5, 5.41) is 0.593. The third kappa shape index (κ3) is 2.72. The Bertz CT molecular complexity index is 1150. The summed E-state index contributed by atoms with van der Waals surface area (Å²) in [5.74, 6) is 0.469. The number of nitrogens with zero attached hydrogens (tertiary/aromatic N) is 1. The molecule has 6 atom stereocenters. The van der Waals surface area contributed by atoms with Crippen LogP contribution in [-0.4, -0.2) is 17.8 Å². The molecule has 156 valence electrons. The van der Waals surface area contributed by atoms with E-state index in [4.69, 9.17) is 16.3 Å². The molecule has 0 N–H and O–H groups in total. The van der Waals surface area contributed by atoms with Crippen molar-refractivity contribution in [3.8, 4) is 5.75 Å². The van der Waals surface area contributed by atoms with Crippen LogP contribution in [-0.2, 0) is 9.59 Å². The first-order valence-corrected chi connectivity index (χ1v) is 11.0. The van der Waals surface area contributed by atoms with E-state index in [1.165, 1.54) is 4.90 Å². The Morgan fingerprint density at radius 2 is 1.68 bits per heavy atom. The standard InChI is InChI=1S/C25H20ClNO4/c1-12-9-15(5-8-20(12)26)31-25(30)13-3-2-4-14(10-13)27-23(28)21-16-6-7-17(19-11-18(16)19)22(21)24(27)29/h2-10,16-19,21-22H,11H2,1H3/t16-,17-,18-,19+,21-,22+/m0/s1. The van der Waals surface area contributed by atoms with Crippen molar-refractivity contribution < 1.29 is 19.1 Å².